The summed E-state index contributed by atoms with van der Waals surface area (Å²) >= 11 is 0. The summed E-state index contributed by atoms with van der Waals surface area (Å²) in [6.45, 7) is 0. The lowest BCUT2D eigenvalue weighted by Gasteiger charge is -2.08. The number of halogens is 3. The lowest BCUT2D eigenvalue weighted by atomic mass is 10.1. The molecule has 0 spiro atoms. The Balaban J connectivity index is 1.51. The molecule has 1 amide bonds. The molecule has 3 rings (SSSR count). The molecule has 0 radical (unpaired) electrons. The largest absolute Gasteiger partial charge is 0.457 e. The number of benzene rings is 2. The van der Waals surface area contributed by atoms with Crippen LogP contribution < -0.4 is 10.2 Å². The van der Waals surface area contributed by atoms with Gasteiger partial charge in [0.25, 0.3) is 0 Å². The first kappa shape index (κ1) is 20.8. The van der Waals surface area contributed by atoms with Gasteiger partial charge in [-0.3, -0.25) is 4.79 Å². The zero-order valence-corrected chi connectivity index (χ0v) is 15.3. The van der Waals surface area contributed by atoms with Crippen LogP contribution in [0.3, 0.4) is 0 Å². The fraction of sp³-hybridized carbons (Fsp3) is 0.0952. The number of nitrogens with one attached hydrogen (secondary N) is 1. The van der Waals surface area contributed by atoms with E-state index in [1.165, 1.54) is 42.8 Å². The highest BCUT2D eigenvalue weighted by Gasteiger charge is 2.30. The molecule has 0 atom stereocenters. The smallest absolute Gasteiger partial charge is 0.416 e. The minimum Gasteiger partial charge on any atom is -0.457 e. The summed E-state index contributed by atoms with van der Waals surface area (Å²) in [5.41, 5.74) is 2.27. The number of hydrogen-bond acceptors (Lipinski definition) is 5. The van der Waals surface area contributed by atoms with Crippen molar-refractivity contribution in [3.05, 3.63) is 89.4 Å². The van der Waals surface area contributed by atoms with Gasteiger partial charge in [0.1, 0.15) is 5.75 Å². The highest BCUT2D eigenvalue weighted by molar-refractivity contribution is 5.88. The third-order valence-corrected chi connectivity index (χ3v) is 3.83. The van der Waals surface area contributed by atoms with Crippen molar-refractivity contribution in [3.8, 4) is 5.75 Å². The van der Waals surface area contributed by atoms with E-state index in [-0.39, 0.29) is 17.7 Å². The SMILES string of the molecule is O=C(Cc1cccc(C(F)(F)F)c1)N/N=C\c1ccc(OC(=O)c2ccco2)cc1. The number of ether oxygens (including phenoxy) is 1. The Kier molecular flexibility index (Phi) is 6.31. The van der Waals surface area contributed by atoms with Crippen molar-refractivity contribution in [2.45, 2.75) is 12.6 Å². The zero-order chi connectivity index (χ0) is 21.6. The Morgan fingerprint density at radius 3 is 2.50 bits per heavy atom. The van der Waals surface area contributed by atoms with E-state index in [1.54, 1.807) is 18.2 Å². The van der Waals surface area contributed by atoms with Gasteiger partial charge in [-0.2, -0.15) is 18.3 Å². The molecule has 154 valence electrons. The van der Waals surface area contributed by atoms with Gasteiger partial charge in [-0.1, -0.05) is 18.2 Å². The van der Waals surface area contributed by atoms with E-state index in [0.717, 1.165) is 12.1 Å². The van der Waals surface area contributed by atoms with Crippen molar-refractivity contribution in [1.29, 1.82) is 0 Å². The molecule has 30 heavy (non-hydrogen) atoms. The van der Waals surface area contributed by atoms with Gasteiger partial charge in [-0.15, -0.1) is 0 Å². The second-order valence-electron chi connectivity index (χ2n) is 6.10. The van der Waals surface area contributed by atoms with E-state index >= 15 is 0 Å². The molecular weight excluding hydrogens is 401 g/mol. The molecule has 0 bridgehead atoms. The standard InChI is InChI=1S/C21H15F3N2O4/c22-21(23,24)16-4-1-3-15(11-16)12-19(27)26-25-13-14-6-8-17(9-7-14)30-20(28)18-5-2-10-29-18/h1-11,13H,12H2,(H,26,27)/b25-13-. The number of furan rings is 1. The molecule has 6 nitrogen and oxygen atoms in total. The van der Waals surface area contributed by atoms with E-state index in [2.05, 4.69) is 10.5 Å². The van der Waals surface area contributed by atoms with Crippen molar-refractivity contribution in [2.24, 2.45) is 5.10 Å². The topological polar surface area (TPSA) is 80.9 Å². The normalized spacial score (nSPS) is 11.4. The predicted molar refractivity (Wildman–Crippen MR) is 101 cm³/mol. The maximum atomic E-state index is 12.7. The molecule has 0 saturated heterocycles. The van der Waals surface area contributed by atoms with Crippen LogP contribution >= 0.6 is 0 Å². The van der Waals surface area contributed by atoms with Crippen LogP contribution in [0.5, 0.6) is 5.75 Å². The van der Waals surface area contributed by atoms with Gasteiger partial charge in [0.2, 0.25) is 11.7 Å². The molecule has 0 unspecified atom stereocenters. The highest BCUT2D eigenvalue weighted by Crippen LogP contribution is 2.29. The molecule has 9 heteroatoms. The van der Waals surface area contributed by atoms with Crippen LogP contribution in [-0.4, -0.2) is 18.1 Å². The quantitative estimate of drug-likeness (QED) is 0.283. The van der Waals surface area contributed by atoms with Crippen LogP contribution in [0.4, 0.5) is 13.2 Å². The first-order chi connectivity index (χ1) is 14.3. The molecule has 3 aromatic rings. The Hall–Kier alpha value is -3.88. The molecule has 0 fully saturated rings. The van der Waals surface area contributed by atoms with Gasteiger partial charge in [0, 0.05) is 0 Å². The first-order valence-corrected chi connectivity index (χ1v) is 8.65. The fourth-order valence-corrected chi connectivity index (χ4v) is 2.44. The van der Waals surface area contributed by atoms with Crippen molar-refractivity contribution in [2.75, 3.05) is 0 Å². The third kappa shape index (κ3) is 5.81. The van der Waals surface area contributed by atoms with Crippen molar-refractivity contribution in [3.63, 3.8) is 0 Å². The summed E-state index contributed by atoms with van der Waals surface area (Å²) in [5.74, 6) is -0.830. The van der Waals surface area contributed by atoms with Crippen molar-refractivity contribution < 1.29 is 31.9 Å². The molecule has 0 aliphatic carbocycles. The summed E-state index contributed by atoms with van der Waals surface area (Å²) in [6, 6.07) is 13.9. The summed E-state index contributed by atoms with van der Waals surface area (Å²) in [4.78, 5) is 23.7. The highest BCUT2D eigenvalue weighted by atomic mass is 19.4. The van der Waals surface area contributed by atoms with Crippen LogP contribution in [0.1, 0.15) is 27.2 Å². The number of hydrazone groups is 1. The van der Waals surface area contributed by atoms with Gasteiger partial charge in [-0.05, 0) is 53.6 Å². The van der Waals surface area contributed by atoms with E-state index < -0.39 is 23.6 Å². The molecular formula is C21H15F3N2O4. The van der Waals surface area contributed by atoms with Gasteiger partial charge >= 0.3 is 12.1 Å². The number of rotatable bonds is 6. The van der Waals surface area contributed by atoms with Crippen LogP contribution in [0.2, 0.25) is 0 Å². The van der Waals surface area contributed by atoms with E-state index in [0.29, 0.717) is 11.3 Å². The predicted octanol–water partition coefficient (Wildman–Crippen LogP) is 4.21. The number of alkyl halides is 3. The van der Waals surface area contributed by atoms with E-state index in [1.807, 2.05) is 0 Å². The molecule has 0 aliphatic rings. The molecule has 1 N–H and O–H groups in total. The zero-order valence-electron chi connectivity index (χ0n) is 15.3. The van der Waals surface area contributed by atoms with Gasteiger partial charge < -0.3 is 9.15 Å². The summed E-state index contributed by atoms with van der Waals surface area (Å²) in [5, 5.41) is 3.77. The summed E-state index contributed by atoms with van der Waals surface area (Å²) in [6.07, 6.45) is -2.01. The van der Waals surface area contributed by atoms with Crippen LogP contribution in [-0.2, 0) is 17.4 Å². The van der Waals surface area contributed by atoms with Crippen molar-refractivity contribution >= 4 is 18.1 Å². The Labute approximate surface area is 169 Å². The molecule has 1 aromatic heterocycles. The number of carbonyl (C=O) groups is 2. The second kappa shape index (κ2) is 9.08. The lowest BCUT2D eigenvalue weighted by Crippen LogP contribution is -2.20. The fourth-order valence-electron chi connectivity index (χ4n) is 2.44. The maximum Gasteiger partial charge on any atom is 0.416 e. The van der Waals surface area contributed by atoms with Crippen molar-refractivity contribution in [1.82, 2.24) is 5.43 Å². The van der Waals surface area contributed by atoms with E-state index in [9.17, 15) is 22.8 Å². The Morgan fingerprint density at radius 1 is 1.07 bits per heavy atom. The second-order valence-corrected chi connectivity index (χ2v) is 6.10. The third-order valence-electron chi connectivity index (χ3n) is 3.83. The average Bonchev–Trinajstić information content (AvgIpc) is 3.24. The number of amides is 1. The van der Waals surface area contributed by atoms with Gasteiger partial charge in [0.05, 0.1) is 24.5 Å². The Morgan fingerprint density at radius 2 is 1.83 bits per heavy atom. The average molecular weight is 416 g/mol. The molecule has 0 saturated carbocycles. The van der Waals surface area contributed by atoms with Gasteiger partial charge in [-0.25, -0.2) is 10.2 Å². The number of carbonyl (C=O) groups excluding carboxylic acids is 2. The van der Waals surface area contributed by atoms with Crippen LogP contribution in [0, 0.1) is 0 Å². The number of esters is 1. The molecule has 0 aliphatic heterocycles. The maximum absolute atomic E-state index is 12.7. The summed E-state index contributed by atoms with van der Waals surface area (Å²) < 4.78 is 48.2. The summed E-state index contributed by atoms with van der Waals surface area (Å²) in [7, 11) is 0. The monoisotopic (exact) mass is 416 g/mol. The molecule has 2 aromatic carbocycles. The van der Waals surface area contributed by atoms with Gasteiger partial charge in [0.15, 0.2) is 0 Å². The van der Waals surface area contributed by atoms with Crippen LogP contribution in [0.25, 0.3) is 0 Å². The number of nitrogens with zero attached hydrogens (tertiary/aromatic N) is 1. The minimum absolute atomic E-state index is 0.0733. The molecule has 1 heterocycles. The lowest BCUT2D eigenvalue weighted by molar-refractivity contribution is -0.137. The Bertz CT molecular complexity index is 1040. The van der Waals surface area contributed by atoms with Crippen LogP contribution in [0.15, 0.2) is 76.4 Å². The minimum atomic E-state index is -4.47. The van der Waals surface area contributed by atoms with E-state index in [4.69, 9.17) is 9.15 Å². The first-order valence-electron chi connectivity index (χ1n) is 8.65. The number of hydrogen-bond donors (Lipinski definition) is 1.